The second-order valence-corrected chi connectivity index (χ2v) is 4.59. The van der Waals surface area contributed by atoms with Gasteiger partial charge in [-0.1, -0.05) is 19.3 Å². The number of hydrogen-bond acceptors (Lipinski definition) is 5. The Balaban J connectivity index is 2.23. The van der Waals surface area contributed by atoms with Crippen LogP contribution in [0.15, 0.2) is 4.42 Å². The fraction of sp³-hybridized carbons (Fsp3) is 0.692. The van der Waals surface area contributed by atoms with E-state index in [4.69, 9.17) is 13.9 Å². The molecule has 0 radical (unpaired) electrons. The van der Waals surface area contributed by atoms with E-state index in [-0.39, 0.29) is 12.4 Å². The molecule has 0 atom stereocenters. The minimum atomic E-state index is -0.489. The van der Waals surface area contributed by atoms with Crippen molar-refractivity contribution in [2.24, 2.45) is 0 Å². The van der Waals surface area contributed by atoms with Crippen LogP contribution < -0.4 is 0 Å². The van der Waals surface area contributed by atoms with Crippen molar-refractivity contribution in [3.63, 3.8) is 0 Å². The smallest absolute Gasteiger partial charge is 0.376 e. The zero-order chi connectivity index (χ0) is 13.0. The summed E-state index contributed by atoms with van der Waals surface area (Å²) in [5.41, 5.74) is 0.532. The Bertz CT molecular complexity index is 407. The molecule has 1 aromatic rings. The lowest BCUT2D eigenvalue weighted by Crippen LogP contribution is -2.04. The van der Waals surface area contributed by atoms with E-state index in [9.17, 15) is 4.79 Å². The monoisotopic (exact) mass is 253 g/mol. The summed E-state index contributed by atoms with van der Waals surface area (Å²) >= 11 is 0. The molecular weight excluding hydrogens is 234 g/mol. The molecular formula is C13H19NO4. The number of nitrogens with zero attached hydrogens (tertiary/aromatic N) is 1. The highest BCUT2D eigenvalue weighted by molar-refractivity contribution is 5.87. The Morgan fingerprint density at radius 2 is 2.06 bits per heavy atom. The summed E-state index contributed by atoms with van der Waals surface area (Å²) in [4.78, 5) is 16.0. The van der Waals surface area contributed by atoms with E-state index in [0.29, 0.717) is 17.5 Å². The molecule has 0 aliphatic heterocycles. The van der Waals surface area contributed by atoms with Crippen molar-refractivity contribution in [1.29, 1.82) is 0 Å². The highest BCUT2D eigenvalue weighted by atomic mass is 16.5. The van der Waals surface area contributed by atoms with E-state index in [1.807, 2.05) is 0 Å². The summed E-state index contributed by atoms with van der Waals surface area (Å²) in [5, 5.41) is 0. The highest BCUT2D eigenvalue weighted by Gasteiger charge is 2.26. The summed E-state index contributed by atoms with van der Waals surface area (Å²) < 4.78 is 15.3. The van der Waals surface area contributed by atoms with Crippen molar-refractivity contribution in [3.05, 3.63) is 17.3 Å². The molecule has 0 bridgehead atoms. The van der Waals surface area contributed by atoms with Gasteiger partial charge in [0.2, 0.25) is 5.76 Å². The van der Waals surface area contributed by atoms with Gasteiger partial charge in [0.05, 0.1) is 13.7 Å². The van der Waals surface area contributed by atoms with Crippen molar-refractivity contribution in [1.82, 2.24) is 4.98 Å². The van der Waals surface area contributed by atoms with Gasteiger partial charge in [-0.05, 0) is 12.8 Å². The van der Waals surface area contributed by atoms with Crippen LogP contribution in [0.3, 0.4) is 0 Å². The Kier molecular flexibility index (Phi) is 4.36. The van der Waals surface area contributed by atoms with E-state index in [1.165, 1.54) is 26.4 Å². The predicted octanol–water partition coefficient (Wildman–Crippen LogP) is 2.66. The molecule has 1 aliphatic carbocycles. The average Bonchev–Trinajstić information content (AvgIpc) is 2.83. The van der Waals surface area contributed by atoms with Gasteiger partial charge in [-0.3, -0.25) is 0 Å². The molecule has 0 aromatic carbocycles. The minimum absolute atomic E-state index is 0.180. The lowest BCUT2D eigenvalue weighted by molar-refractivity contribution is 0.0555. The molecule has 0 spiro atoms. The molecule has 0 N–H and O–H groups in total. The maximum Gasteiger partial charge on any atom is 0.376 e. The van der Waals surface area contributed by atoms with Gasteiger partial charge in [0.15, 0.2) is 5.89 Å². The lowest BCUT2D eigenvalue weighted by Gasteiger charge is -2.17. The van der Waals surface area contributed by atoms with Crippen LogP contribution >= 0.6 is 0 Å². The SMILES string of the molecule is COCc1nc(C2CCCCC2)oc1C(=O)OC. The quantitative estimate of drug-likeness (QED) is 0.772. The van der Waals surface area contributed by atoms with Crippen LogP contribution in [0.5, 0.6) is 0 Å². The molecule has 1 aromatic heterocycles. The van der Waals surface area contributed by atoms with Crippen molar-refractivity contribution in [3.8, 4) is 0 Å². The summed E-state index contributed by atoms with van der Waals surface area (Å²) in [6.07, 6.45) is 5.81. The Morgan fingerprint density at radius 3 is 2.67 bits per heavy atom. The zero-order valence-corrected chi connectivity index (χ0v) is 10.9. The van der Waals surface area contributed by atoms with Gasteiger partial charge >= 0.3 is 5.97 Å². The summed E-state index contributed by atoms with van der Waals surface area (Å²) in [6.45, 7) is 0.265. The predicted molar refractivity (Wildman–Crippen MR) is 64.4 cm³/mol. The first-order valence-corrected chi connectivity index (χ1v) is 6.33. The van der Waals surface area contributed by atoms with Gasteiger partial charge in [-0.25, -0.2) is 9.78 Å². The van der Waals surface area contributed by atoms with Gasteiger partial charge in [-0.15, -0.1) is 0 Å². The molecule has 1 heterocycles. The number of carbonyl (C=O) groups is 1. The van der Waals surface area contributed by atoms with Crippen LogP contribution in [0.25, 0.3) is 0 Å². The van der Waals surface area contributed by atoms with Crippen molar-refractivity contribution in [2.75, 3.05) is 14.2 Å². The number of oxazole rings is 1. The summed E-state index contributed by atoms with van der Waals surface area (Å²) in [6, 6.07) is 0. The fourth-order valence-electron chi connectivity index (χ4n) is 2.38. The normalized spacial score (nSPS) is 16.8. The van der Waals surface area contributed by atoms with Gasteiger partial charge < -0.3 is 13.9 Å². The van der Waals surface area contributed by atoms with Crippen LogP contribution in [0.4, 0.5) is 0 Å². The van der Waals surface area contributed by atoms with E-state index < -0.39 is 5.97 Å². The summed E-state index contributed by atoms with van der Waals surface area (Å²) in [5.74, 6) is 0.673. The molecule has 100 valence electrons. The lowest BCUT2D eigenvalue weighted by atomic mass is 9.89. The van der Waals surface area contributed by atoms with E-state index in [0.717, 1.165) is 12.8 Å². The first kappa shape index (κ1) is 13.1. The van der Waals surface area contributed by atoms with E-state index in [2.05, 4.69) is 4.98 Å². The standard InChI is InChI=1S/C13H19NO4/c1-16-8-10-11(13(15)17-2)18-12(14-10)9-6-4-3-5-7-9/h9H,3-8H2,1-2H3. The number of methoxy groups -OCH3 is 2. The van der Waals surface area contributed by atoms with Gasteiger partial charge in [-0.2, -0.15) is 0 Å². The number of esters is 1. The molecule has 0 amide bonds. The molecule has 0 unspecified atom stereocenters. The number of rotatable bonds is 4. The number of carbonyl (C=O) groups excluding carboxylic acids is 1. The molecule has 1 fully saturated rings. The van der Waals surface area contributed by atoms with Crippen LogP contribution in [0.2, 0.25) is 0 Å². The van der Waals surface area contributed by atoms with Crippen LogP contribution in [-0.4, -0.2) is 25.2 Å². The Hall–Kier alpha value is -1.36. The number of aromatic nitrogens is 1. The largest absolute Gasteiger partial charge is 0.463 e. The Labute approximate surface area is 106 Å². The maximum absolute atomic E-state index is 11.6. The van der Waals surface area contributed by atoms with E-state index in [1.54, 1.807) is 7.11 Å². The van der Waals surface area contributed by atoms with Crippen molar-refractivity contribution < 1.29 is 18.7 Å². The number of hydrogen-bond donors (Lipinski definition) is 0. The van der Waals surface area contributed by atoms with Gasteiger partial charge in [0.25, 0.3) is 0 Å². The second-order valence-electron chi connectivity index (χ2n) is 4.59. The summed E-state index contributed by atoms with van der Waals surface area (Å²) in [7, 11) is 2.90. The fourth-order valence-corrected chi connectivity index (χ4v) is 2.38. The molecule has 2 rings (SSSR count). The second kappa shape index (κ2) is 6.00. The Morgan fingerprint density at radius 1 is 1.33 bits per heavy atom. The molecule has 0 saturated heterocycles. The first-order chi connectivity index (χ1) is 8.76. The molecule has 18 heavy (non-hydrogen) atoms. The number of ether oxygens (including phenoxy) is 2. The third kappa shape index (κ3) is 2.72. The van der Waals surface area contributed by atoms with Gasteiger partial charge in [0.1, 0.15) is 5.69 Å². The van der Waals surface area contributed by atoms with Crippen molar-refractivity contribution >= 4 is 5.97 Å². The van der Waals surface area contributed by atoms with E-state index >= 15 is 0 Å². The zero-order valence-electron chi connectivity index (χ0n) is 10.9. The minimum Gasteiger partial charge on any atom is -0.463 e. The molecule has 1 aliphatic rings. The third-order valence-corrected chi connectivity index (χ3v) is 3.32. The molecule has 5 heteroatoms. The molecule has 1 saturated carbocycles. The molecule has 5 nitrogen and oxygen atoms in total. The first-order valence-electron chi connectivity index (χ1n) is 6.33. The average molecular weight is 253 g/mol. The topological polar surface area (TPSA) is 61.6 Å². The van der Waals surface area contributed by atoms with Crippen LogP contribution in [0, 0.1) is 0 Å². The van der Waals surface area contributed by atoms with Crippen LogP contribution in [0.1, 0.15) is 60.2 Å². The van der Waals surface area contributed by atoms with Crippen molar-refractivity contribution in [2.45, 2.75) is 44.6 Å². The van der Waals surface area contributed by atoms with Gasteiger partial charge in [0, 0.05) is 13.0 Å². The maximum atomic E-state index is 11.6. The highest BCUT2D eigenvalue weighted by Crippen LogP contribution is 2.33. The third-order valence-electron chi connectivity index (χ3n) is 3.32. The van der Waals surface area contributed by atoms with Crippen LogP contribution in [-0.2, 0) is 16.1 Å².